The number of aromatic nitrogens is 1. The van der Waals surface area contributed by atoms with Crippen molar-refractivity contribution in [3.05, 3.63) is 96.7 Å². The molecule has 3 aromatic carbocycles. The van der Waals surface area contributed by atoms with Gasteiger partial charge in [0.15, 0.2) is 0 Å². The number of hydrogen-bond acceptors (Lipinski definition) is 1. The molecule has 0 fully saturated rings. The number of rotatable bonds is 4. The first-order valence-corrected chi connectivity index (χ1v) is 7.74. The number of para-hydroxylation sites is 3. The monoisotopic (exact) mass is 299 g/mol. The maximum absolute atomic E-state index is 5.94. The molecule has 2 nitrogen and oxygen atoms in total. The number of benzene rings is 3. The van der Waals surface area contributed by atoms with Gasteiger partial charge in [-0.05, 0) is 30.3 Å². The Morgan fingerprint density at radius 3 is 2.13 bits per heavy atom. The van der Waals surface area contributed by atoms with Gasteiger partial charge in [0.2, 0.25) is 0 Å². The van der Waals surface area contributed by atoms with Crippen LogP contribution in [0.5, 0.6) is 5.75 Å². The molecular formula is C21H17NO. The highest BCUT2D eigenvalue weighted by molar-refractivity contribution is 5.85. The molecular weight excluding hydrogens is 282 g/mol. The zero-order valence-electron chi connectivity index (χ0n) is 12.7. The molecule has 0 amide bonds. The van der Waals surface area contributed by atoms with Gasteiger partial charge >= 0.3 is 0 Å². The van der Waals surface area contributed by atoms with Crippen LogP contribution in [0.25, 0.3) is 16.6 Å². The van der Waals surface area contributed by atoms with E-state index in [0.29, 0.717) is 6.61 Å². The van der Waals surface area contributed by atoms with E-state index in [9.17, 15) is 0 Å². The van der Waals surface area contributed by atoms with Gasteiger partial charge in [0.1, 0.15) is 12.4 Å². The molecule has 0 unspecified atom stereocenters. The van der Waals surface area contributed by atoms with E-state index in [1.54, 1.807) is 0 Å². The van der Waals surface area contributed by atoms with E-state index in [1.807, 2.05) is 36.4 Å². The average Bonchev–Trinajstić information content (AvgIpc) is 3.01. The lowest BCUT2D eigenvalue weighted by molar-refractivity contribution is 0.307. The number of hydrogen-bond donors (Lipinski definition) is 0. The second-order valence-electron chi connectivity index (χ2n) is 5.48. The molecule has 1 aromatic heterocycles. The van der Waals surface area contributed by atoms with E-state index in [0.717, 1.165) is 11.4 Å². The van der Waals surface area contributed by atoms with Crippen LogP contribution in [0.2, 0.25) is 0 Å². The molecule has 0 saturated heterocycles. The van der Waals surface area contributed by atoms with Gasteiger partial charge in [-0.3, -0.25) is 0 Å². The fourth-order valence-electron chi connectivity index (χ4n) is 2.85. The van der Waals surface area contributed by atoms with Gasteiger partial charge in [-0.15, -0.1) is 0 Å². The summed E-state index contributed by atoms with van der Waals surface area (Å²) in [6, 6.07) is 28.8. The molecule has 0 atom stereocenters. The van der Waals surface area contributed by atoms with Crippen molar-refractivity contribution in [3.63, 3.8) is 0 Å². The van der Waals surface area contributed by atoms with Gasteiger partial charge in [0.05, 0.1) is 5.52 Å². The third kappa shape index (κ3) is 2.71. The Hall–Kier alpha value is -3.00. The van der Waals surface area contributed by atoms with Gasteiger partial charge in [-0.2, -0.15) is 0 Å². The number of ether oxygens (including phenoxy) is 1. The van der Waals surface area contributed by atoms with E-state index in [-0.39, 0.29) is 0 Å². The van der Waals surface area contributed by atoms with E-state index in [1.165, 1.54) is 16.5 Å². The number of fused-ring (bicyclic) bond motifs is 1. The topological polar surface area (TPSA) is 14.2 Å². The van der Waals surface area contributed by atoms with Crippen molar-refractivity contribution in [1.82, 2.24) is 4.57 Å². The van der Waals surface area contributed by atoms with Gasteiger partial charge in [-0.1, -0.05) is 54.6 Å². The van der Waals surface area contributed by atoms with Crippen LogP contribution in [-0.2, 0) is 6.61 Å². The molecule has 4 aromatic rings. The molecule has 2 heteroatoms. The van der Waals surface area contributed by atoms with Crippen molar-refractivity contribution in [3.8, 4) is 11.4 Å². The Morgan fingerprint density at radius 2 is 1.35 bits per heavy atom. The van der Waals surface area contributed by atoms with Crippen molar-refractivity contribution in [2.45, 2.75) is 6.61 Å². The Kier molecular flexibility index (Phi) is 3.57. The predicted octanol–water partition coefficient (Wildman–Crippen LogP) is 5.21. The molecule has 0 aliphatic heterocycles. The van der Waals surface area contributed by atoms with Crippen LogP contribution in [0.1, 0.15) is 5.56 Å². The quantitative estimate of drug-likeness (QED) is 0.504. The Morgan fingerprint density at radius 1 is 0.696 bits per heavy atom. The highest BCUT2D eigenvalue weighted by Crippen LogP contribution is 2.26. The molecule has 1 heterocycles. The molecule has 0 aliphatic carbocycles. The predicted molar refractivity (Wildman–Crippen MR) is 94.0 cm³/mol. The molecule has 23 heavy (non-hydrogen) atoms. The lowest BCUT2D eigenvalue weighted by atomic mass is 10.2. The molecule has 0 aliphatic rings. The van der Waals surface area contributed by atoms with Gasteiger partial charge < -0.3 is 9.30 Å². The third-order valence-electron chi connectivity index (χ3n) is 3.97. The first-order chi connectivity index (χ1) is 11.4. The molecule has 0 saturated carbocycles. The smallest absolute Gasteiger partial charge is 0.119 e. The van der Waals surface area contributed by atoms with Crippen LogP contribution in [0.15, 0.2) is 91.1 Å². The summed E-state index contributed by atoms with van der Waals surface area (Å²) in [5.74, 6) is 0.893. The highest BCUT2D eigenvalue weighted by atomic mass is 16.5. The minimum atomic E-state index is 0.560. The first-order valence-electron chi connectivity index (χ1n) is 7.74. The summed E-state index contributed by atoms with van der Waals surface area (Å²) in [5.41, 5.74) is 3.55. The number of nitrogens with zero attached hydrogens (tertiary/aromatic N) is 1. The van der Waals surface area contributed by atoms with Crippen LogP contribution >= 0.6 is 0 Å². The fraction of sp³-hybridized carbons (Fsp3) is 0.0476. The average molecular weight is 299 g/mol. The normalized spacial score (nSPS) is 10.8. The first kappa shape index (κ1) is 13.6. The largest absolute Gasteiger partial charge is 0.489 e. The Balaban J connectivity index is 1.73. The van der Waals surface area contributed by atoms with Crippen LogP contribution < -0.4 is 4.74 Å². The van der Waals surface area contributed by atoms with Crippen LogP contribution in [-0.4, -0.2) is 4.57 Å². The molecule has 4 rings (SSSR count). The van der Waals surface area contributed by atoms with Gasteiger partial charge in [0.25, 0.3) is 0 Å². The third-order valence-corrected chi connectivity index (χ3v) is 3.97. The van der Waals surface area contributed by atoms with Crippen LogP contribution in [0.4, 0.5) is 0 Å². The maximum Gasteiger partial charge on any atom is 0.119 e. The van der Waals surface area contributed by atoms with E-state index >= 15 is 0 Å². The summed E-state index contributed by atoms with van der Waals surface area (Å²) in [4.78, 5) is 0. The standard InChI is InChI=1S/C21H17NO/c1-3-9-18(10-4-1)22-15-17(20-13-7-8-14-21(20)22)16-23-19-11-5-2-6-12-19/h1-15H,16H2. The van der Waals surface area contributed by atoms with Crippen molar-refractivity contribution in [2.24, 2.45) is 0 Å². The van der Waals surface area contributed by atoms with Crippen molar-refractivity contribution in [1.29, 1.82) is 0 Å². The summed E-state index contributed by atoms with van der Waals surface area (Å²) >= 11 is 0. The summed E-state index contributed by atoms with van der Waals surface area (Å²) in [6.07, 6.45) is 2.17. The molecule has 0 N–H and O–H groups in total. The maximum atomic E-state index is 5.94. The Bertz CT molecular complexity index is 910. The summed E-state index contributed by atoms with van der Waals surface area (Å²) in [5, 5.41) is 1.23. The highest BCUT2D eigenvalue weighted by Gasteiger charge is 2.09. The Labute approximate surface area is 135 Å². The summed E-state index contributed by atoms with van der Waals surface area (Å²) < 4.78 is 8.16. The van der Waals surface area contributed by atoms with Crippen molar-refractivity contribution < 1.29 is 4.74 Å². The molecule has 0 radical (unpaired) electrons. The van der Waals surface area contributed by atoms with Crippen molar-refractivity contribution >= 4 is 10.9 Å². The molecule has 0 spiro atoms. The van der Waals surface area contributed by atoms with Crippen LogP contribution in [0.3, 0.4) is 0 Å². The summed E-state index contributed by atoms with van der Waals surface area (Å²) in [6.45, 7) is 0.560. The molecule has 112 valence electrons. The van der Waals surface area contributed by atoms with E-state index in [2.05, 4.69) is 59.3 Å². The zero-order valence-corrected chi connectivity index (χ0v) is 12.7. The summed E-state index contributed by atoms with van der Waals surface area (Å²) in [7, 11) is 0. The van der Waals surface area contributed by atoms with Gasteiger partial charge in [-0.25, -0.2) is 0 Å². The lowest BCUT2D eigenvalue weighted by Gasteiger charge is -2.04. The van der Waals surface area contributed by atoms with Crippen LogP contribution in [0, 0.1) is 0 Å². The van der Waals surface area contributed by atoms with Gasteiger partial charge in [0, 0.05) is 22.8 Å². The molecule has 0 bridgehead atoms. The zero-order chi connectivity index (χ0) is 15.5. The second kappa shape index (κ2) is 6.01. The fourth-order valence-corrected chi connectivity index (χ4v) is 2.85. The van der Waals surface area contributed by atoms with Crippen molar-refractivity contribution in [2.75, 3.05) is 0 Å². The van der Waals surface area contributed by atoms with E-state index < -0.39 is 0 Å². The lowest BCUT2D eigenvalue weighted by Crippen LogP contribution is -1.94. The SMILES string of the molecule is c1ccc(OCc2cn(-c3ccccc3)c3ccccc23)cc1. The second-order valence-corrected chi connectivity index (χ2v) is 5.48. The minimum Gasteiger partial charge on any atom is -0.489 e. The minimum absolute atomic E-state index is 0.560. The van der Waals surface area contributed by atoms with E-state index in [4.69, 9.17) is 4.74 Å².